The zero-order valence-corrected chi connectivity index (χ0v) is 21.9. The van der Waals surface area contributed by atoms with E-state index in [-0.39, 0.29) is 6.42 Å². The molecule has 2 aromatic carbocycles. The van der Waals surface area contributed by atoms with Crippen LogP contribution in [-0.4, -0.2) is 32.8 Å². The molecule has 198 valence electrons. The quantitative estimate of drug-likeness (QED) is 0.252. The van der Waals surface area contributed by atoms with E-state index in [9.17, 15) is 9.90 Å². The van der Waals surface area contributed by atoms with Crippen LogP contribution in [0.3, 0.4) is 0 Å². The number of fused-ring (bicyclic) bond motifs is 1. The van der Waals surface area contributed by atoms with Gasteiger partial charge in [-0.05, 0) is 66.6 Å². The molecule has 0 amide bonds. The van der Waals surface area contributed by atoms with Crippen LogP contribution < -0.4 is 15.2 Å². The second kappa shape index (κ2) is 11.1. The molecule has 0 bridgehead atoms. The van der Waals surface area contributed by atoms with Gasteiger partial charge < -0.3 is 20.3 Å². The molecule has 1 fully saturated rings. The first-order chi connectivity index (χ1) is 18.5. The predicted octanol–water partition coefficient (Wildman–Crippen LogP) is 6.41. The monoisotopic (exact) mass is 514 g/mol. The summed E-state index contributed by atoms with van der Waals surface area (Å²) in [6.07, 6.45) is 8.29. The summed E-state index contributed by atoms with van der Waals surface area (Å²) in [5, 5.41) is 14.1. The van der Waals surface area contributed by atoms with Crippen molar-refractivity contribution < 1.29 is 19.4 Å². The number of aryl methyl sites for hydroxylation is 1. The number of aromatic nitrogens is 3. The average Bonchev–Trinajstić information content (AvgIpc) is 3.55. The SMILES string of the molecule is CCCc1cccc(Oc2ccc(-c3c(CCC(=O)O)c(C4CCCC4)n4ncnc(N)c34)cc2OC)c1. The molecule has 8 heteroatoms. The minimum Gasteiger partial charge on any atom is -0.493 e. The molecule has 0 aliphatic heterocycles. The second-order valence-electron chi connectivity index (χ2n) is 9.88. The molecule has 0 atom stereocenters. The maximum atomic E-state index is 11.6. The Hall–Kier alpha value is -4.07. The fraction of sp³-hybridized carbons (Fsp3) is 0.367. The topological polar surface area (TPSA) is 112 Å². The van der Waals surface area contributed by atoms with Crippen molar-refractivity contribution in [3.63, 3.8) is 0 Å². The maximum absolute atomic E-state index is 11.6. The second-order valence-corrected chi connectivity index (χ2v) is 9.88. The number of carboxylic acid groups (broad SMARTS) is 1. The lowest BCUT2D eigenvalue weighted by Crippen LogP contribution is -2.07. The first-order valence-electron chi connectivity index (χ1n) is 13.3. The van der Waals surface area contributed by atoms with Crippen LogP contribution in [-0.2, 0) is 17.6 Å². The van der Waals surface area contributed by atoms with Crippen LogP contribution >= 0.6 is 0 Å². The summed E-state index contributed by atoms with van der Waals surface area (Å²) in [5.74, 6) is 1.75. The van der Waals surface area contributed by atoms with Gasteiger partial charge in [-0.2, -0.15) is 5.10 Å². The molecule has 3 N–H and O–H groups in total. The Morgan fingerprint density at radius 3 is 2.68 bits per heavy atom. The molecule has 1 aliphatic carbocycles. The fourth-order valence-electron chi connectivity index (χ4n) is 5.68. The number of hydrogen-bond donors (Lipinski definition) is 2. The summed E-state index contributed by atoms with van der Waals surface area (Å²) in [4.78, 5) is 15.9. The maximum Gasteiger partial charge on any atom is 0.303 e. The summed E-state index contributed by atoms with van der Waals surface area (Å²) >= 11 is 0. The van der Waals surface area contributed by atoms with E-state index >= 15 is 0 Å². The number of anilines is 1. The highest BCUT2D eigenvalue weighted by molar-refractivity contribution is 5.92. The van der Waals surface area contributed by atoms with E-state index in [4.69, 9.17) is 15.2 Å². The highest BCUT2D eigenvalue weighted by Crippen LogP contribution is 2.45. The zero-order chi connectivity index (χ0) is 26.6. The van der Waals surface area contributed by atoms with Crippen molar-refractivity contribution in [3.8, 4) is 28.4 Å². The summed E-state index contributed by atoms with van der Waals surface area (Å²) < 4.78 is 13.9. The third kappa shape index (κ3) is 5.03. The van der Waals surface area contributed by atoms with Crippen LogP contribution in [0, 0.1) is 0 Å². The Morgan fingerprint density at radius 1 is 1.13 bits per heavy atom. The third-order valence-corrected chi connectivity index (χ3v) is 7.34. The molecule has 5 rings (SSSR count). The first-order valence-corrected chi connectivity index (χ1v) is 13.3. The van der Waals surface area contributed by atoms with Crippen LogP contribution in [0.2, 0.25) is 0 Å². The molecule has 0 saturated heterocycles. The minimum absolute atomic E-state index is 0.0172. The van der Waals surface area contributed by atoms with Gasteiger partial charge in [-0.15, -0.1) is 0 Å². The number of carboxylic acids is 1. The number of carbonyl (C=O) groups is 1. The van der Waals surface area contributed by atoms with Gasteiger partial charge in [0.2, 0.25) is 0 Å². The number of nitrogen functional groups attached to an aromatic ring is 1. The first kappa shape index (κ1) is 25.6. The number of benzene rings is 2. The number of rotatable bonds is 10. The fourth-order valence-corrected chi connectivity index (χ4v) is 5.68. The number of hydrogen-bond acceptors (Lipinski definition) is 6. The van der Waals surface area contributed by atoms with Gasteiger partial charge in [0, 0.05) is 23.6 Å². The summed E-state index contributed by atoms with van der Waals surface area (Å²) in [6, 6.07) is 13.9. The molecule has 1 saturated carbocycles. The van der Waals surface area contributed by atoms with Crippen molar-refractivity contribution in [2.24, 2.45) is 0 Å². The highest BCUT2D eigenvalue weighted by Gasteiger charge is 2.30. The molecule has 1 aliphatic rings. The van der Waals surface area contributed by atoms with Crippen LogP contribution in [0.25, 0.3) is 16.6 Å². The number of nitrogens with zero attached hydrogens (tertiary/aromatic N) is 3. The van der Waals surface area contributed by atoms with Crippen molar-refractivity contribution >= 4 is 17.3 Å². The smallest absolute Gasteiger partial charge is 0.303 e. The van der Waals surface area contributed by atoms with E-state index in [2.05, 4.69) is 23.1 Å². The molecule has 0 radical (unpaired) electrons. The Bertz CT molecular complexity index is 1460. The van der Waals surface area contributed by atoms with Crippen LogP contribution in [0.4, 0.5) is 5.82 Å². The van der Waals surface area contributed by atoms with Crippen LogP contribution in [0.5, 0.6) is 17.2 Å². The van der Waals surface area contributed by atoms with Gasteiger partial charge in [-0.1, -0.05) is 44.4 Å². The van der Waals surface area contributed by atoms with E-state index in [0.717, 1.165) is 66.7 Å². The Balaban J connectivity index is 1.63. The number of aliphatic carboxylic acids is 1. The molecular formula is C30H34N4O4. The van der Waals surface area contributed by atoms with E-state index < -0.39 is 5.97 Å². The third-order valence-electron chi connectivity index (χ3n) is 7.34. The molecule has 8 nitrogen and oxygen atoms in total. The summed E-state index contributed by atoms with van der Waals surface area (Å²) in [5.41, 5.74) is 12.1. The lowest BCUT2D eigenvalue weighted by molar-refractivity contribution is -0.136. The normalized spacial score (nSPS) is 13.7. The lowest BCUT2D eigenvalue weighted by Gasteiger charge is -2.14. The number of methoxy groups -OCH3 is 1. The average molecular weight is 515 g/mol. The number of nitrogens with two attached hydrogens (primary N) is 1. The van der Waals surface area contributed by atoms with E-state index in [1.807, 2.05) is 40.9 Å². The molecule has 2 heterocycles. The van der Waals surface area contributed by atoms with Gasteiger partial charge in [-0.3, -0.25) is 4.79 Å². The van der Waals surface area contributed by atoms with Crippen molar-refractivity contribution in [1.82, 2.24) is 14.6 Å². The Kier molecular flexibility index (Phi) is 7.49. The lowest BCUT2D eigenvalue weighted by atomic mass is 9.92. The van der Waals surface area contributed by atoms with Gasteiger partial charge in [0.25, 0.3) is 0 Å². The Morgan fingerprint density at radius 2 is 1.95 bits per heavy atom. The summed E-state index contributed by atoms with van der Waals surface area (Å²) in [6.45, 7) is 2.15. The summed E-state index contributed by atoms with van der Waals surface area (Å²) in [7, 11) is 1.62. The van der Waals surface area contributed by atoms with E-state index in [1.165, 1.54) is 11.9 Å². The van der Waals surface area contributed by atoms with Crippen LogP contribution in [0.15, 0.2) is 48.8 Å². The van der Waals surface area contributed by atoms with Crippen LogP contribution in [0.1, 0.15) is 68.2 Å². The zero-order valence-electron chi connectivity index (χ0n) is 21.9. The predicted molar refractivity (Wildman–Crippen MR) is 147 cm³/mol. The van der Waals surface area contributed by atoms with E-state index in [1.54, 1.807) is 7.11 Å². The number of ether oxygens (including phenoxy) is 2. The largest absolute Gasteiger partial charge is 0.493 e. The molecule has 0 unspecified atom stereocenters. The Labute approximate surface area is 222 Å². The molecule has 0 spiro atoms. The van der Waals surface area contributed by atoms with Gasteiger partial charge in [0.15, 0.2) is 17.3 Å². The minimum atomic E-state index is -0.839. The standard InChI is InChI=1S/C30H34N4O4/c1-3-7-19-8-6-11-22(16-19)38-24-14-12-21(17-25(24)37-2)27-23(13-15-26(35)36)28(20-9-4-5-10-20)34-29(27)30(31)32-18-33-34/h6,8,11-12,14,16-18,20H,3-5,7,9-10,13,15H2,1-2H3,(H,35,36)(H2,31,32,33). The van der Waals surface area contributed by atoms with Gasteiger partial charge in [0.1, 0.15) is 17.6 Å². The molecule has 2 aromatic heterocycles. The van der Waals surface area contributed by atoms with Crippen molar-refractivity contribution in [3.05, 3.63) is 65.6 Å². The van der Waals surface area contributed by atoms with Gasteiger partial charge in [-0.25, -0.2) is 9.50 Å². The molecule has 4 aromatic rings. The molecule has 38 heavy (non-hydrogen) atoms. The van der Waals surface area contributed by atoms with Gasteiger partial charge in [0.05, 0.1) is 7.11 Å². The molecular weight excluding hydrogens is 480 g/mol. The van der Waals surface area contributed by atoms with Crippen molar-refractivity contribution in [2.75, 3.05) is 12.8 Å². The van der Waals surface area contributed by atoms with Crippen molar-refractivity contribution in [1.29, 1.82) is 0 Å². The van der Waals surface area contributed by atoms with E-state index in [0.29, 0.717) is 35.2 Å². The van der Waals surface area contributed by atoms with Crippen molar-refractivity contribution in [2.45, 2.75) is 64.2 Å². The highest BCUT2D eigenvalue weighted by atomic mass is 16.5. The van der Waals surface area contributed by atoms with Gasteiger partial charge >= 0.3 is 5.97 Å².